The molecule has 3 saturated heterocycles. The largest absolute Gasteiger partial charge is 0.378 e. The van der Waals surface area contributed by atoms with Crippen molar-refractivity contribution in [2.24, 2.45) is 0 Å². The van der Waals surface area contributed by atoms with E-state index in [1.807, 2.05) is 4.90 Å². The fourth-order valence-electron chi connectivity index (χ4n) is 3.42. The van der Waals surface area contributed by atoms with Crippen LogP contribution < -0.4 is 5.32 Å². The number of ether oxygens (including phenoxy) is 1. The van der Waals surface area contributed by atoms with Gasteiger partial charge in [-0.2, -0.15) is 0 Å². The Morgan fingerprint density at radius 1 is 1.21 bits per heavy atom. The van der Waals surface area contributed by atoms with Crippen molar-refractivity contribution in [2.75, 3.05) is 45.9 Å². The molecule has 0 saturated carbocycles. The Bertz CT molecular complexity index is 304. The van der Waals surface area contributed by atoms with E-state index in [9.17, 15) is 4.79 Å². The smallest absolute Gasteiger partial charge is 0.225 e. The molecule has 19 heavy (non-hydrogen) atoms. The van der Waals surface area contributed by atoms with Crippen LogP contribution in [0, 0.1) is 0 Å². The molecule has 0 bridgehead atoms. The number of piperazine rings is 1. The number of nitrogens with zero attached hydrogens (tertiary/aromatic N) is 2. The van der Waals surface area contributed by atoms with E-state index in [0.717, 1.165) is 58.7 Å². The van der Waals surface area contributed by atoms with Crippen molar-refractivity contribution in [3.05, 3.63) is 0 Å². The van der Waals surface area contributed by atoms with E-state index in [0.29, 0.717) is 12.5 Å². The summed E-state index contributed by atoms with van der Waals surface area (Å²) in [6, 6.07) is 0.690. The zero-order chi connectivity index (χ0) is 13.1. The van der Waals surface area contributed by atoms with Gasteiger partial charge in [-0.05, 0) is 25.8 Å². The second-order valence-electron chi connectivity index (χ2n) is 5.90. The van der Waals surface area contributed by atoms with Crippen LogP contribution in [0.5, 0.6) is 0 Å². The maximum atomic E-state index is 12.2. The molecule has 0 aromatic heterocycles. The first-order chi connectivity index (χ1) is 9.33. The van der Waals surface area contributed by atoms with E-state index < -0.39 is 0 Å². The van der Waals surface area contributed by atoms with Gasteiger partial charge < -0.3 is 15.0 Å². The van der Waals surface area contributed by atoms with Crippen LogP contribution in [-0.2, 0) is 9.53 Å². The Morgan fingerprint density at radius 2 is 2.05 bits per heavy atom. The molecule has 0 radical (unpaired) electrons. The lowest BCUT2D eigenvalue weighted by atomic mass is 10.1. The van der Waals surface area contributed by atoms with Crippen molar-refractivity contribution in [3.8, 4) is 0 Å². The summed E-state index contributed by atoms with van der Waals surface area (Å²) in [6.45, 7) is 6.93. The van der Waals surface area contributed by atoms with E-state index >= 15 is 0 Å². The molecule has 108 valence electrons. The minimum atomic E-state index is 0.185. The minimum absolute atomic E-state index is 0.185. The second kappa shape index (κ2) is 6.20. The Labute approximate surface area is 115 Å². The van der Waals surface area contributed by atoms with Crippen molar-refractivity contribution in [1.82, 2.24) is 15.1 Å². The highest BCUT2D eigenvalue weighted by Crippen LogP contribution is 2.18. The van der Waals surface area contributed by atoms with Gasteiger partial charge in [-0.15, -0.1) is 0 Å². The molecule has 0 spiro atoms. The molecule has 0 aromatic carbocycles. The first-order valence-corrected chi connectivity index (χ1v) is 7.67. The Hall–Kier alpha value is -0.650. The fourth-order valence-corrected chi connectivity index (χ4v) is 3.42. The van der Waals surface area contributed by atoms with Crippen LogP contribution in [0.25, 0.3) is 0 Å². The highest BCUT2D eigenvalue weighted by Gasteiger charge is 2.29. The normalized spacial score (nSPS) is 32.9. The van der Waals surface area contributed by atoms with Crippen molar-refractivity contribution in [3.63, 3.8) is 0 Å². The Morgan fingerprint density at radius 3 is 2.68 bits per heavy atom. The summed E-state index contributed by atoms with van der Waals surface area (Å²) in [5.74, 6) is 0.288. The summed E-state index contributed by atoms with van der Waals surface area (Å²) >= 11 is 0. The minimum Gasteiger partial charge on any atom is -0.378 e. The lowest BCUT2D eigenvalue weighted by Crippen LogP contribution is -2.52. The molecule has 2 atom stereocenters. The van der Waals surface area contributed by atoms with Crippen LogP contribution in [0.1, 0.15) is 25.7 Å². The van der Waals surface area contributed by atoms with Crippen molar-refractivity contribution >= 4 is 5.91 Å². The maximum Gasteiger partial charge on any atom is 0.225 e. The van der Waals surface area contributed by atoms with E-state index in [4.69, 9.17) is 4.74 Å². The van der Waals surface area contributed by atoms with Gasteiger partial charge in [0.15, 0.2) is 0 Å². The second-order valence-corrected chi connectivity index (χ2v) is 5.90. The third-order valence-electron chi connectivity index (χ3n) is 4.64. The van der Waals surface area contributed by atoms with E-state index in [1.54, 1.807) is 0 Å². The predicted molar refractivity (Wildman–Crippen MR) is 73.0 cm³/mol. The van der Waals surface area contributed by atoms with E-state index in [-0.39, 0.29) is 12.0 Å². The predicted octanol–water partition coefficient (Wildman–Crippen LogP) is 0.0616. The quantitative estimate of drug-likeness (QED) is 0.785. The number of hydrogen-bond donors (Lipinski definition) is 1. The third kappa shape index (κ3) is 3.27. The van der Waals surface area contributed by atoms with Crippen LogP contribution >= 0.6 is 0 Å². The molecule has 3 aliphatic heterocycles. The first kappa shape index (κ1) is 13.3. The van der Waals surface area contributed by atoms with Crippen LogP contribution in [0.15, 0.2) is 0 Å². The third-order valence-corrected chi connectivity index (χ3v) is 4.64. The molecule has 1 amide bonds. The number of nitrogens with one attached hydrogen (secondary N) is 1. The zero-order valence-electron chi connectivity index (χ0n) is 11.6. The number of carbonyl (C=O) groups is 1. The van der Waals surface area contributed by atoms with Crippen LogP contribution in [0.4, 0.5) is 0 Å². The van der Waals surface area contributed by atoms with Crippen LogP contribution in [-0.4, -0.2) is 73.7 Å². The van der Waals surface area contributed by atoms with Gasteiger partial charge in [-0.25, -0.2) is 0 Å². The van der Waals surface area contributed by atoms with Crippen molar-refractivity contribution in [2.45, 2.75) is 37.8 Å². The molecule has 5 heteroatoms. The molecule has 3 heterocycles. The number of amides is 1. The molecule has 0 aliphatic carbocycles. The zero-order valence-corrected chi connectivity index (χ0v) is 11.6. The monoisotopic (exact) mass is 267 g/mol. The van der Waals surface area contributed by atoms with Gasteiger partial charge in [0.05, 0.1) is 12.5 Å². The molecule has 3 fully saturated rings. The Balaban J connectivity index is 1.42. The lowest BCUT2D eigenvalue weighted by molar-refractivity contribution is -0.135. The SMILES string of the molecule is O=C(CC1CCCO1)N1CCN(C2CCNC2)CC1. The van der Waals surface area contributed by atoms with E-state index in [1.165, 1.54) is 6.42 Å². The first-order valence-electron chi connectivity index (χ1n) is 7.67. The molecular weight excluding hydrogens is 242 g/mol. The number of hydrogen-bond acceptors (Lipinski definition) is 4. The van der Waals surface area contributed by atoms with Crippen molar-refractivity contribution in [1.29, 1.82) is 0 Å². The van der Waals surface area contributed by atoms with Gasteiger partial charge >= 0.3 is 0 Å². The molecule has 5 nitrogen and oxygen atoms in total. The van der Waals surface area contributed by atoms with Gasteiger partial charge in [-0.3, -0.25) is 9.69 Å². The number of rotatable bonds is 3. The summed E-state index contributed by atoms with van der Waals surface area (Å²) < 4.78 is 5.55. The molecular formula is C14H25N3O2. The average molecular weight is 267 g/mol. The highest BCUT2D eigenvalue weighted by molar-refractivity contribution is 5.76. The summed E-state index contributed by atoms with van der Waals surface area (Å²) in [4.78, 5) is 16.8. The molecule has 3 aliphatic rings. The van der Waals surface area contributed by atoms with Gasteiger partial charge in [0.1, 0.15) is 0 Å². The van der Waals surface area contributed by atoms with Gasteiger partial charge in [0, 0.05) is 45.4 Å². The van der Waals surface area contributed by atoms with Crippen LogP contribution in [0.2, 0.25) is 0 Å². The lowest BCUT2D eigenvalue weighted by Gasteiger charge is -2.38. The molecule has 2 unspecified atom stereocenters. The summed E-state index contributed by atoms with van der Waals surface area (Å²) in [7, 11) is 0. The molecule has 0 aromatic rings. The summed E-state index contributed by atoms with van der Waals surface area (Å²) in [6.07, 6.45) is 4.19. The molecule has 3 rings (SSSR count). The van der Waals surface area contributed by atoms with E-state index in [2.05, 4.69) is 10.2 Å². The van der Waals surface area contributed by atoms with Gasteiger partial charge in [0.25, 0.3) is 0 Å². The summed E-state index contributed by atoms with van der Waals surface area (Å²) in [5.41, 5.74) is 0. The maximum absolute atomic E-state index is 12.2. The van der Waals surface area contributed by atoms with Crippen molar-refractivity contribution < 1.29 is 9.53 Å². The highest BCUT2D eigenvalue weighted by atomic mass is 16.5. The fraction of sp³-hybridized carbons (Fsp3) is 0.929. The van der Waals surface area contributed by atoms with Gasteiger partial charge in [0.2, 0.25) is 5.91 Å². The Kier molecular flexibility index (Phi) is 4.35. The molecule has 1 N–H and O–H groups in total. The standard InChI is InChI=1S/C14H25N3O2/c18-14(10-13-2-1-9-19-13)17-7-5-16(6-8-17)12-3-4-15-11-12/h12-13,15H,1-11H2. The van der Waals surface area contributed by atoms with Crippen LogP contribution in [0.3, 0.4) is 0 Å². The van der Waals surface area contributed by atoms with Gasteiger partial charge in [-0.1, -0.05) is 0 Å². The topological polar surface area (TPSA) is 44.8 Å². The summed E-state index contributed by atoms with van der Waals surface area (Å²) in [5, 5.41) is 3.41. The number of carbonyl (C=O) groups excluding carboxylic acids is 1. The average Bonchev–Trinajstić information content (AvgIpc) is 3.12.